The first-order valence-electron chi connectivity index (χ1n) is 3.46. The third kappa shape index (κ3) is 7.46. The fraction of sp³-hybridized carbons (Fsp3) is 0.333. The fourth-order valence-corrected chi connectivity index (χ4v) is 0.755. The minimum Gasteiger partial charge on any atom is -1.00 e. The van der Waals surface area contributed by atoms with Crippen LogP contribution in [0.15, 0.2) is 24.3 Å². The molecule has 13 heavy (non-hydrogen) atoms. The molecule has 68 valence electrons. The van der Waals surface area contributed by atoms with E-state index in [1.807, 2.05) is 24.3 Å². The maximum Gasteiger partial charge on any atom is 2.00 e. The maximum absolute atomic E-state index is 5.12. The molecular weight excluding hydrogens is 244 g/mol. The predicted molar refractivity (Wildman–Crippen MR) is 47.7 cm³/mol. The van der Waals surface area contributed by atoms with Crippen molar-refractivity contribution in [3.8, 4) is 0 Å². The van der Waals surface area contributed by atoms with Crippen molar-refractivity contribution in [1.82, 2.24) is 0 Å². The zero-order valence-corrected chi connectivity index (χ0v) is 10.6. The number of hydrogen-bond acceptors (Lipinski definition) is 2. The quantitative estimate of drug-likeness (QED) is 0.274. The number of methoxy groups -OCH3 is 1. The minimum atomic E-state index is 0. The second-order valence-electron chi connectivity index (χ2n) is 2.14. The van der Waals surface area contributed by atoms with Crippen molar-refractivity contribution in [2.75, 3.05) is 13.9 Å². The molecule has 0 spiro atoms. The summed E-state index contributed by atoms with van der Waals surface area (Å²) in [6.45, 7) is 0.900. The molecule has 0 atom stereocenters. The van der Waals surface area contributed by atoms with E-state index >= 15 is 0 Å². The second-order valence-corrected chi connectivity index (χ2v) is 2.14. The first-order valence-corrected chi connectivity index (χ1v) is 3.46. The van der Waals surface area contributed by atoms with E-state index in [1.165, 1.54) is 0 Å². The van der Waals surface area contributed by atoms with Crippen LogP contribution in [-0.4, -0.2) is 37.0 Å². The molecule has 0 aliphatic rings. The van der Waals surface area contributed by atoms with Crippen molar-refractivity contribution in [1.29, 1.82) is 0 Å². The smallest absolute Gasteiger partial charge is 1.00 e. The Kier molecular flexibility index (Phi) is 12.8. The average molecular weight is 255 g/mol. The van der Waals surface area contributed by atoms with Crippen LogP contribution in [0.1, 0.15) is 5.56 Å². The number of rotatable bonds is 4. The summed E-state index contributed by atoms with van der Waals surface area (Å²) in [5.41, 5.74) is 1.05. The minimum absolute atomic E-state index is 0. The van der Waals surface area contributed by atoms with E-state index in [-0.39, 0.29) is 40.0 Å². The van der Waals surface area contributed by atoms with Gasteiger partial charge in [0.1, 0.15) is 6.79 Å². The molecule has 0 bridgehead atoms. The molecule has 0 aliphatic heterocycles. The molecule has 1 aromatic carbocycles. The third-order valence-corrected chi connectivity index (χ3v) is 1.23. The summed E-state index contributed by atoms with van der Waals surface area (Å²) in [6.07, 6.45) is 0. The Bertz CT molecular complexity index is 194. The summed E-state index contributed by atoms with van der Waals surface area (Å²) >= 11 is 0. The Balaban J connectivity index is 0. The van der Waals surface area contributed by atoms with Gasteiger partial charge in [0.05, 0.1) is 6.61 Å². The van der Waals surface area contributed by atoms with E-state index in [0.29, 0.717) is 13.4 Å². The van der Waals surface area contributed by atoms with Crippen LogP contribution in [-0.2, 0) is 16.1 Å². The van der Waals surface area contributed by atoms with E-state index in [1.54, 1.807) is 7.11 Å². The Morgan fingerprint density at radius 3 is 2.69 bits per heavy atom. The summed E-state index contributed by atoms with van der Waals surface area (Å²) < 4.78 is 9.84. The van der Waals surface area contributed by atoms with Gasteiger partial charge in [0.15, 0.2) is 0 Å². The Morgan fingerprint density at radius 1 is 1.38 bits per heavy atom. The zero-order chi connectivity index (χ0) is 7.94. The normalized spacial score (nSPS) is 8.38. The van der Waals surface area contributed by atoms with Crippen LogP contribution in [0, 0.1) is 6.07 Å². The maximum atomic E-state index is 5.12. The Hall–Kier alpha value is 0.386. The van der Waals surface area contributed by atoms with Crippen LogP contribution in [0.5, 0.6) is 0 Å². The van der Waals surface area contributed by atoms with Gasteiger partial charge in [0.25, 0.3) is 0 Å². The van der Waals surface area contributed by atoms with Gasteiger partial charge in [-0.05, 0) is 0 Å². The molecule has 0 saturated heterocycles. The summed E-state index contributed by atoms with van der Waals surface area (Å²) in [4.78, 5) is 0. The first-order chi connectivity index (χ1) is 5.43. The molecule has 0 radical (unpaired) electrons. The third-order valence-electron chi connectivity index (χ3n) is 1.23. The molecular formula is C9H11BrMgO2. The van der Waals surface area contributed by atoms with Crippen molar-refractivity contribution in [2.24, 2.45) is 0 Å². The molecule has 0 N–H and O–H groups in total. The van der Waals surface area contributed by atoms with E-state index in [0.717, 1.165) is 5.56 Å². The molecule has 0 aromatic heterocycles. The van der Waals surface area contributed by atoms with Crippen molar-refractivity contribution in [3.05, 3.63) is 35.9 Å². The van der Waals surface area contributed by atoms with Crippen molar-refractivity contribution < 1.29 is 26.5 Å². The van der Waals surface area contributed by atoms with Gasteiger partial charge in [-0.1, -0.05) is 0 Å². The van der Waals surface area contributed by atoms with Gasteiger partial charge in [-0.3, -0.25) is 0 Å². The van der Waals surface area contributed by atoms with Gasteiger partial charge in [0.2, 0.25) is 0 Å². The molecule has 1 aromatic rings. The standard InChI is InChI=1S/C9H11O2.BrH.Mg/c1-10-8-11-7-9-5-3-2-4-6-9;;/h2-5H,7-8H2,1H3;1H;/q-1;;+2/p-1. The van der Waals surface area contributed by atoms with Crippen LogP contribution >= 0.6 is 0 Å². The largest absolute Gasteiger partial charge is 2.00 e. The zero-order valence-electron chi connectivity index (χ0n) is 7.63. The van der Waals surface area contributed by atoms with Gasteiger partial charge in [0, 0.05) is 7.11 Å². The Morgan fingerprint density at radius 2 is 2.15 bits per heavy atom. The van der Waals surface area contributed by atoms with Crippen LogP contribution in [0.2, 0.25) is 0 Å². The summed E-state index contributed by atoms with van der Waals surface area (Å²) in [5.74, 6) is 0. The van der Waals surface area contributed by atoms with Crippen molar-refractivity contribution in [2.45, 2.75) is 6.61 Å². The van der Waals surface area contributed by atoms with Gasteiger partial charge in [-0.2, -0.15) is 30.3 Å². The number of hydrogen-bond donors (Lipinski definition) is 0. The summed E-state index contributed by atoms with van der Waals surface area (Å²) in [6, 6.07) is 10.8. The molecule has 0 saturated carbocycles. The van der Waals surface area contributed by atoms with Gasteiger partial charge >= 0.3 is 23.1 Å². The van der Waals surface area contributed by atoms with Crippen LogP contribution in [0.4, 0.5) is 0 Å². The molecule has 1 rings (SSSR count). The molecule has 0 unspecified atom stereocenters. The van der Waals surface area contributed by atoms with E-state index < -0.39 is 0 Å². The van der Waals surface area contributed by atoms with Gasteiger partial charge in [-0.25, -0.2) is 0 Å². The second kappa shape index (κ2) is 10.5. The Labute approximate surface area is 106 Å². The van der Waals surface area contributed by atoms with E-state index in [4.69, 9.17) is 9.47 Å². The number of benzene rings is 1. The summed E-state index contributed by atoms with van der Waals surface area (Å²) in [7, 11) is 1.61. The van der Waals surface area contributed by atoms with Crippen LogP contribution in [0.25, 0.3) is 0 Å². The van der Waals surface area contributed by atoms with Crippen molar-refractivity contribution in [3.63, 3.8) is 0 Å². The van der Waals surface area contributed by atoms with Gasteiger partial charge in [-0.15, -0.1) is 5.56 Å². The van der Waals surface area contributed by atoms with Crippen molar-refractivity contribution >= 4 is 23.1 Å². The van der Waals surface area contributed by atoms with Crippen LogP contribution in [0.3, 0.4) is 0 Å². The fourth-order valence-electron chi connectivity index (χ4n) is 0.755. The van der Waals surface area contributed by atoms with Gasteiger partial charge < -0.3 is 26.5 Å². The number of ether oxygens (including phenoxy) is 2. The number of halogens is 1. The first kappa shape index (κ1) is 15.8. The van der Waals surface area contributed by atoms with E-state index in [9.17, 15) is 0 Å². The SMILES string of the molecule is COCOCc1[c-]cccc1.[Br-].[Mg+2]. The van der Waals surface area contributed by atoms with Crippen LogP contribution < -0.4 is 17.0 Å². The molecule has 0 fully saturated rings. The average Bonchev–Trinajstić information content (AvgIpc) is 2.07. The van der Waals surface area contributed by atoms with E-state index in [2.05, 4.69) is 6.07 Å². The monoisotopic (exact) mass is 254 g/mol. The molecule has 2 nitrogen and oxygen atoms in total. The molecule has 0 heterocycles. The summed E-state index contributed by atoms with van der Waals surface area (Å²) in [5, 5.41) is 0. The topological polar surface area (TPSA) is 18.5 Å². The predicted octanol–water partition coefficient (Wildman–Crippen LogP) is -1.77. The molecule has 0 amide bonds. The molecule has 0 aliphatic carbocycles. The molecule has 4 heteroatoms.